The first-order valence-electron chi connectivity index (χ1n) is 10.2. The van der Waals surface area contributed by atoms with Gasteiger partial charge in [-0.3, -0.25) is 4.90 Å². The molecule has 0 atom stereocenters. The fraction of sp³-hybridized carbons (Fsp3) is 0.500. The highest BCUT2D eigenvalue weighted by Gasteiger charge is 2.11. The van der Waals surface area contributed by atoms with E-state index in [-0.39, 0.29) is 0 Å². The summed E-state index contributed by atoms with van der Waals surface area (Å²) in [6.45, 7) is 5.93. The normalized spacial score (nSPS) is 15.1. The SMILES string of the molecule is CSCCNC(=NCc1ccc(CN2CCCC2)cc1)NCCc1ccco1. The Kier molecular flexibility index (Phi) is 8.78. The maximum atomic E-state index is 5.39. The van der Waals surface area contributed by atoms with Crippen LogP contribution in [0.5, 0.6) is 0 Å². The Bertz CT molecular complexity index is 694. The number of hydrogen-bond acceptors (Lipinski definition) is 4. The van der Waals surface area contributed by atoms with Gasteiger partial charge in [-0.05, 0) is 55.4 Å². The van der Waals surface area contributed by atoms with E-state index in [0.29, 0.717) is 6.54 Å². The summed E-state index contributed by atoms with van der Waals surface area (Å²) >= 11 is 1.83. The summed E-state index contributed by atoms with van der Waals surface area (Å²) in [5.74, 6) is 2.91. The van der Waals surface area contributed by atoms with Crippen LogP contribution in [0.4, 0.5) is 0 Å². The minimum absolute atomic E-state index is 0.680. The van der Waals surface area contributed by atoms with Gasteiger partial charge in [0.1, 0.15) is 5.76 Å². The van der Waals surface area contributed by atoms with Crippen LogP contribution < -0.4 is 10.6 Å². The number of likely N-dealkylation sites (tertiary alicyclic amines) is 1. The third-order valence-corrected chi connectivity index (χ3v) is 5.50. The van der Waals surface area contributed by atoms with Crippen molar-refractivity contribution in [1.29, 1.82) is 0 Å². The van der Waals surface area contributed by atoms with Crippen LogP contribution in [-0.2, 0) is 19.5 Å². The van der Waals surface area contributed by atoms with E-state index in [1.807, 2.05) is 23.9 Å². The Labute approximate surface area is 173 Å². The number of nitrogens with one attached hydrogen (secondary N) is 2. The summed E-state index contributed by atoms with van der Waals surface area (Å²) < 4.78 is 5.39. The van der Waals surface area contributed by atoms with Gasteiger partial charge in [-0.2, -0.15) is 11.8 Å². The average molecular weight is 401 g/mol. The van der Waals surface area contributed by atoms with Crippen molar-refractivity contribution >= 4 is 17.7 Å². The molecule has 1 aromatic carbocycles. The van der Waals surface area contributed by atoms with Gasteiger partial charge in [-0.15, -0.1) is 0 Å². The molecule has 2 N–H and O–H groups in total. The molecule has 0 bridgehead atoms. The number of benzene rings is 1. The molecule has 3 rings (SSSR count). The number of rotatable bonds is 10. The molecule has 0 spiro atoms. The van der Waals surface area contributed by atoms with E-state index in [2.05, 4.69) is 46.1 Å². The Morgan fingerprint density at radius 2 is 1.82 bits per heavy atom. The number of nitrogens with zero attached hydrogens (tertiary/aromatic N) is 2. The third-order valence-electron chi connectivity index (χ3n) is 4.89. The topological polar surface area (TPSA) is 52.8 Å². The first-order chi connectivity index (χ1) is 13.8. The number of aliphatic imine (C=N–C) groups is 1. The van der Waals surface area contributed by atoms with Gasteiger partial charge < -0.3 is 15.1 Å². The van der Waals surface area contributed by atoms with Crippen LogP contribution in [0.25, 0.3) is 0 Å². The lowest BCUT2D eigenvalue weighted by Gasteiger charge is -2.14. The van der Waals surface area contributed by atoms with Crippen LogP contribution in [0, 0.1) is 0 Å². The standard InChI is InChI=1S/C22H32N4OS/c1-28-16-12-24-22(23-11-10-21-5-4-15-27-21)25-17-19-6-8-20(9-7-19)18-26-13-2-3-14-26/h4-9,15H,2-3,10-14,16-18H2,1H3,(H2,23,24,25). The average Bonchev–Trinajstić information content (AvgIpc) is 3.41. The Morgan fingerprint density at radius 1 is 1.07 bits per heavy atom. The Morgan fingerprint density at radius 3 is 2.54 bits per heavy atom. The van der Waals surface area contributed by atoms with Gasteiger partial charge in [-0.25, -0.2) is 4.99 Å². The molecule has 0 unspecified atom stereocenters. The molecule has 152 valence electrons. The van der Waals surface area contributed by atoms with Crippen LogP contribution in [0.2, 0.25) is 0 Å². The minimum Gasteiger partial charge on any atom is -0.469 e. The monoisotopic (exact) mass is 400 g/mol. The van der Waals surface area contributed by atoms with E-state index < -0.39 is 0 Å². The van der Waals surface area contributed by atoms with Crippen molar-refractivity contribution in [3.8, 4) is 0 Å². The van der Waals surface area contributed by atoms with E-state index in [1.165, 1.54) is 37.1 Å². The summed E-state index contributed by atoms with van der Waals surface area (Å²) in [6, 6.07) is 12.8. The second-order valence-corrected chi connectivity index (χ2v) is 8.13. The maximum absolute atomic E-state index is 5.39. The number of furan rings is 1. The molecule has 1 aliphatic rings. The molecule has 6 heteroatoms. The number of guanidine groups is 1. The lowest BCUT2D eigenvalue weighted by molar-refractivity contribution is 0.331. The number of thioether (sulfide) groups is 1. The van der Waals surface area contributed by atoms with Gasteiger partial charge >= 0.3 is 0 Å². The highest BCUT2D eigenvalue weighted by molar-refractivity contribution is 7.98. The van der Waals surface area contributed by atoms with E-state index in [4.69, 9.17) is 9.41 Å². The molecule has 0 amide bonds. The van der Waals surface area contributed by atoms with Crippen LogP contribution in [-0.4, -0.2) is 49.0 Å². The molecule has 1 aliphatic heterocycles. The van der Waals surface area contributed by atoms with Crippen LogP contribution >= 0.6 is 11.8 Å². The van der Waals surface area contributed by atoms with Crippen LogP contribution in [0.3, 0.4) is 0 Å². The van der Waals surface area contributed by atoms with Crippen molar-refractivity contribution in [2.75, 3.05) is 38.2 Å². The molecule has 28 heavy (non-hydrogen) atoms. The van der Waals surface area contributed by atoms with Gasteiger partial charge in [0, 0.05) is 31.8 Å². The van der Waals surface area contributed by atoms with Crippen molar-refractivity contribution in [2.45, 2.75) is 32.4 Å². The van der Waals surface area contributed by atoms with Crippen LogP contribution in [0.15, 0.2) is 52.1 Å². The van der Waals surface area contributed by atoms with E-state index in [9.17, 15) is 0 Å². The first kappa shape index (κ1) is 20.8. The van der Waals surface area contributed by atoms with Gasteiger partial charge in [0.2, 0.25) is 0 Å². The molecule has 0 saturated carbocycles. The van der Waals surface area contributed by atoms with Crippen molar-refractivity contribution < 1.29 is 4.42 Å². The lowest BCUT2D eigenvalue weighted by Crippen LogP contribution is -2.39. The van der Waals surface area contributed by atoms with Gasteiger partial charge in [0.15, 0.2) is 5.96 Å². The summed E-state index contributed by atoms with van der Waals surface area (Å²) in [4.78, 5) is 7.29. The molecule has 5 nitrogen and oxygen atoms in total. The van der Waals surface area contributed by atoms with Crippen molar-refractivity contribution in [2.24, 2.45) is 4.99 Å². The Balaban J connectivity index is 1.49. The van der Waals surface area contributed by atoms with Gasteiger partial charge in [0.25, 0.3) is 0 Å². The molecule has 1 fully saturated rings. The van der Waals surface area contributed by atoms with E-state index in [0.717, 1.165) is 43.5 Å². The summed E-state index contributed by atoms with van der Waals surface area (Å²) in [5.41, 5.74) is 2.63. The smallest absolute Gasteiger partial charge is 0.191 e. The molecule has 1 aromatic heterocycles. The number of hydrogen-bond donors (Lipinski definition) is 2. The molecule has 1 saturated heterocycles. The predicted molar refractivity (Wildman–Crippen MR) is 119 cm³/mol. The quantitative estimate of drug-likeness (QED) is 0.363. The maximum Gasteiger partial charge on any atom is 0.191 e. The van der Waals surface area contributed by atoms with Gasteiger partial charge in [0.05, 0.1) is 12.8 Å². The molecule has 2 aromatic rings. The van der Waals surface area contributed by atoms with Crippen molar-refractivity contribution in [3.05, 3.63) is 59.5 Å². The summed E-state index contributed by atoms with van der Waals surface area (Å²) in [7, 11) is 0. The first-order valence-corrected chi connectivity index (χ1v) is 11.6. The predicted octanol–water partition coefficient (Wildman–Crippen LogP) is 3.52. The molecule has 2 heterocycles. The zero-order valence-corrected chi connectivity index (χ0v) is 17.6. The fourth-order valence-corrected chi connectivity index (χ4v) is 3.63. The molecule has 0 radical (unpaired) electrons. The molecular weight excluding hydrogens is 368 g/mol. The van der Waals surface area contributed by atoms with E-state index >= 15 is 0 Å². The summed E-state index contributed by atoms with van der Waals surface area (Å²) in [5, 5.41) is 6.82. The van der Waals surface area contributed by atoms with Gasteiger partial charge in [-0.1, -0.05) is 24.3 Å². The van der Waals surface area contributed by atoms with Crippen molar-refractivity contribution in [3.63, 3.8) is 0 Å². The second kappa shape index (κ2) is 11.8. The zero-order chi connectivity index (χ0) is 19.4. The lowest BCUT2D eigenvalue weighted by atomic mass is 10.1. The minimum atomic E-state index is 0.680. The molecular formula is C22H32N4OS. The zero-order valence-electron chi connectivity index (χ0n) is 16.8. The van der Waals surface area contributed by atoms with Crippen molar-refractivity contribution in [1.82, 2.24) is 15.5 Å². The third kappa shape index (κ3) is 7.24. The molecule has 0 aliphatic carbocycles. The second-order valence-electron chi connectivity index (χ2n) is 7.14. The van der Waals surface area contributed by atoms with Crippen LogP contribution in [0.1, 0.15) is 29.7 Å². The Hall–Kier alpha value is -1.92. The highest BCUT2D eigenvalue weighted by atomic mass is 32.2. The highest BCUT2D eigenvalue weighted by Crippen LogP contribution is 2.13. The summed E-state index contributed by atoms with van der Waals surface area (Å²) in [6.07, 6.45) is 7.36. The largest absolute Gasteiger partial charge is 0.469 e. The van der Waals surface area contributed by atoms with E-state index in [1.54, 1.807) is 6.26 Å². The fourth-order valence-electron chi connectivity index (χ4n) is 3.32.